The minimum Gasteiger partial charge on any atom is -0.345 e. The van der Waals surface area contributed by atoms with Crippen LogP contribution in [0.3, 0.4) is 0 Å². The van der Waals surface area contributed by atoms with Crippen LogP contribution in [-0.4, -0.2) is 18.0 Å². The van der Waals surface area contributed by atoms with E-state index in [0.717, 1.165) is 16.6 Å². The Morgan fingerprint density at radius 3 is 2.47 bits per heavy atom. The van der Waals surface area contributed by atoms with Crippen molar-refractivity contribution in [3.05, 3.63) is 20.8 Å². The number of carbonyl (C=O) groups is 1. The fourth-order valence-electron chi connectivity index (χ4n) is 1.51. The third-order valence-corrected chi connectivity index (χ3v) is 4.46. The number of rotatable bonds is 5. The van der Waals surface area contributed by atoms with E-state index in [0.29, 0.717) is 12.1 Å². The highest BCUT2D eigenvalue weighted by Crippen LogP contribution is 2.22. The van der Waals surface area contributed by atoms with Crippen molar-refractivity contribution in [1.29, 1.82) is 0 Å². The summed E-state index contributed by atoms with van der Waals surface area (Å²) < 4.78 is 0.962. The van der Waals surface area contributed by atoms with Crippen LogP contribution in [0.25, 0.3) is 0 Å². The summed E-state index contributed by atoms with van der Waals surface area (Å²) in [6.07, 6.45) is 1.69. The molecule has 0 bridgehead atoms. The Balaban J connectivity index is 0.00000256. The lowest BCUT2D eigenvalue weighted by Gasteiger charge is -2.31. The van der Waals surface area contributed by atoms with Gasteiger partial charge in [-0.3, -0.25) is 4.79 Å². The van der Waals surface area contributed by atoms with Crippen molar-refractivity contribution in [1.82, 2.24) is 5.32 Å². The SMILES string of the molecule is CCC(CC)(CN)NC(=O)c1csc(Br)c1.Cl. The zero-order valence-electron chi connectivity index (χ0n) is 9.96. The van der Waals surface area contributed by atoms with E-state index < -0.39 is 0 Å². The number of hydrogen-bond acceptors (Lipinski definition) is 3. The Hall–Kier alpha value is -0.100. The van der Waals surface area contributed by atoms with Crippen LogP contribution < -0.4 is 11.1 Å². The predicted octanol–water partition coefficient (Wildman–Crippen LogP) is 3.18. The Morgan fingerprint density at radius 2 is 2.12 bits per heavy atom. The molecule has 0 unspecified atom stereocenters. The van der Waals surface area contributed by atoms with Gasteiger partial charge in [-0.1, -0.05) is 13.8 Å². The quantitative estimate of drug-likeness (QED) is 0.864. The second-order valence-corrected chi connectivity index (χ2v) is 6.08. The number of amides is 1. The number of halogens is 2. The van der Waals surface area contributed by atoms with E-state index in [1.54, 1.807) is 0 Å². The van der Waals surface area contributed by atoms with Gasteiger partial charge in [-0.25, -0.2) is 0 Å². The summed E-state index contributed by atoms with van der Waals surface area (Å²) in [4.78, 5) is 12.0. The minimum absolute atomic E-state index is 0. The first-order valence-electron chi connectivity index (χ1n) is 5.33. The van der Waals surface area contributed by atoms with Gasteiger partial charge >= 0.3 is 0 Å². The highest BCUT2D eigenvalue weighted by Gasteiger charge is 2.26. The van der Waals surface area contributed by atoms with E-state index in [1.165, 1.54) is 11.3 Å². The van der Waals surface area contributed by atoms with Crippen molar-refractivity contribution in [3.63, 3.8) is 0 Å². The molecule has 98 valence electrons. The minimum atomic E-state index is -0.272. The van der Waals surface area contributed by atoms with Crippen molar-refractivity contribution >= 4 is 45.6 Å². The summed E-state index contributed by atoms with van der Waals surface area (Å²) >= 11 is 4.85. The lowest BCUT2D eigenvalue weighted by Crippen LogP contribution is -2.52. The van der Waals surface area contributed by atoms with Gasteiger partial charge < -0.3 is 11.1 Å². The van der Waals surface area contributed by atoms with E-state index in [-0.39, 0.29) is 23.9 Å². The number of nitrogens with two attached hydrogens (primary N) is 1. The summed E-state index contributed by atoms with van der Waals surface area (Å²) in [5.41, 5.74) is 6.16. The first kappa shape index (κ1) is 16.9. The molecule has 1 aromatic rings. The lowest BCUT2D eigenvalue weighted by atomic mass is 9.92. The summed E-state index contributed by atoms with van der Waals surface area (Å²) in [6, 6.07) is 1.83. The molecule has 1 aromatic heterocycles. The Labute approximate surface area is 121 Å². The molecular formula is C11H18BrClN2OS. The van der Waals surface area contributed by atoms with Crippen LogP contribution in [0.5, 0.6) is 0 Å². The summed E-state index contributed by atoms with van der Waals surface area (Å²) in [7, 11) is 0. The maximum absolute atomic E-state index is 12.0. The second-order valence-electron chi connectivity index (χ2n) is 3.79. The number of thiophene rings is 1. The molecule has 3 N–H and O–H groups in total. The topological polar surface area (TPSA) is 55.1 Å². The molecule has 0 saturated carbocycles. The van der Waals surface area contributed by atoms with Crippen LogP contribution in [0.2, 0.25) is 0 Å². The van der Waals surface area contributed by atoms with Crippen molar-refractivity contribution in [2.24, 2.45) is 5.73 Å². The first-order valence-corrected chi connectivity index (χ1v) is 7.00. The van der Waals surface area contributed by atoms with Crippen LogP contribution in [0.4, 0.5) is 0 Å². The lowest BCUT2D eigenvalue weighted by molar-refractivity contribution is 0.0895. The van der Waals surface area contributed by atoms with Gasteiger partial charge in [0.25, 0.3) is 5.91 Å². The van der Waals surface area contributed by atoms with Crippen LogP contribution in [0, 0.1) is 0 Å². The van der Waals surface area contributed by atoms with Gasteiger partial charge in [0.15, 0.2) is 0 Å². The molecule has 0 aliphatic carbocycles. The average Bonchev–Trinajstić information content (AvgIpc) is 2.73. The van der Waals surface area contributed by atoms with E-state index in [4.69, 9.17) is 5.73 Å². The fourth-order valence-corrected chi connectivity index (χ4v) is 2.65. The average molecular weight is 342 g/mol. The molecule has 1 heterocycles. The number of carbonyl (C=O) groups excluding carboxylic acids is 1. The summed E-state index contributed by atoms with van der Waals surface area (Å²) in [5, 5.41) is 4.87. The second kappa shape index (κ2) is 7.36. The molecule has 0 atom stereocenters. The largest absolute Gasteiger partial charge is 0.345 e. The molecule has 0 radical (unpaired) electrons. The highest BCUT2D eigenvalue weighted by atomic mass is 79.9. The van der Waals surface area contributed by atoms with Crippen molar-refractivity contribution in [2.45, 2.75) is 32.2 Å². The molecule has 0 saturated heterocycles. The molecule has 3 nitrogen and oxygen atoms in total. The Kier molecular flexibility index (Phi) is 7.32. The van der Waals surface area contributed by atoms with Gasteiger partial charge in [0.2, 0.25) is 0 Å². The predicted molar refractivity (Wildman–Crippen MR) is 79.1 cm³/mol. The van der Waals surface area contributed by atoms with E-state index >= 15 is 0 Å². The zero-order chi connectivity index (χ0) is 12.2. The third-order valence-electron chi connectivity index (χ3n) is 2.95. The molecule has 1 rings (SSSR count). The summed E-state index contributed by atoms with van der Waals surface area (Å²) in [6.45, 7) is 4.55. The van der Waals surface area contributed by atoms with Crippen molar-refractivity contribution in [2.75, 3.05) is 6.54 Å². The van der Waals surface area contributed by atoms with E-state index in [1.807, 2.05) is 25.3 Å². The van der Waals surface area contributed by atoms with E-state index in [2.05, 4.69) is 21.2 Å². The molecular weight excluding hydrogens is 324 g/mol. The third kappa shape index (κ3) is 4.25. The molecule has 0 aromatic carbocycles. The van der Waals surface area contributed by atoms with Gasteiger partial charge in [0, 0.05) is 11.9 Å². The standard InChI is InChI=1S/C11H17BrN2OS.ClH/c1-3-11(4-2,7-13)14-10(15)8-5-9(12)16-6-8;/h5-6H,3-4,7,13H2,1-2H3,(H,14,15);1H. The normalized spacial score (nSPS) is 10.8. The van der Waals surface area contributed by atoms with Gasteiger partial charge in [-0.2, -0.15) is 0 Å². The zero-order valence-corrected chi connectivity index (χ0v) is 13.2. The molecule has 0 aliphatic rings. The summed E-state index contributed by atoms with van der Waals surface area (Å²) in [5.74, 6) is -0.0453. The van der Waals surface area contributed by atoms with Gasteiger partial charge in [0.05, 0.1) is 14.9 Å². The molecule has 6 heteroatoms. The van der Waals surface area contributed by atoms with Crippen LogP contribution >= 0.6 is 39.7 Å². The molecule has 17 heavy (non-hydrogen) atoms. The molecule has 0 fully saturated rings. The Morgan fingerprint density at radius 1 is 1.53 bits per heavy atom. The maximum atomic E-state index is 12.0. The smallest absolute Gasteiger partial charge is 0.252 e. The van der Waals surface area contributed by atoms with Gasteiger partial charge in [0.1, 0.15) is 0 Å². The monoisotopic (exact) mass is 340 g/mol. The van der Waals surface area contributed by atoms with Gasteiger partial charge in [-0.05, 0) is 34.8 Å². The first-order chi connectivity index (χ1) is 7.56. The molecule has 0 spiro atoms. The maximum Gasteiger partial charge on any atom is 0.252 e. The molecule has 0 aliphatic heterocycles. The number of nitrogens with one attached hydrogen (secondary N) is 1. The fraction of sp³-hybridized carbons (Fsp3) is 0.545. The Bertz CT molecular complexity index is 358. The van der Waals surface area contributed by atoms with Crippen molar-refractivity contribution in [3.8, 4) is 0 Å². The van der Waals surface area contributed by atoms with Crippen molar-refractivity contribution < 1.29 is 4.79 Å². The van der Waals surface area contributed by atoms with Crippen LogP contribution in [0.15, 0.2) is 15.2 Å². The highest BCUT2D eigenvalue weighted by molar-refractivity contribution is 9.11. The van der Waals surface area contributed by atoms with Crippen LogP contribution in [0.1, 0.15) is 37.0 Å². The van der Waals surface area contributed by atoms with Crippen LogP contribution in [-0.2, 0) is 0 Å². The molecule has 1 amide bonds. The van der Waals surface area contributed by atoms with E-state index in [9.17, 15) is 4.79 Å². The number of hydrogen-bond donors (Lipinski definition) is 2. The van der Waals surface area contributed by atoms with Gasteiger partial charge in [-0.15, -0.1) is 23.7 Å².